The predicted octanol–water partition coefficient (Wildman–Crippen LogP) is 1.87. The minimum absolute atomic E-state index is 0.108. The third-order valence-electron chi connectivity index (χ3n) is 3.08. The molecule has 1 aliphatic rings. The van der Waals surface area contributed by atoms with Crippen LogP contribution in [0.15, 0.2) is 18.2 Å². The van der Waals surface area contributed by atoms with E-state index >= 15 is 0 Å². The molecule has 7 heteroatoms. The number of carbonyl (C=O) groups excluding carboxylic acids is 3. The highest BCUT2D eigenvalue weighted by Crippen LogP contribution is 2.27. The summed E-state index contributed by atoms with van der Waals surface area (Å²) >= 11 is 12.0. The van der Waals surface area contributed by atoms with Crippen LogP contribution in [0.1, 0.15) is 23.7 Å². The largest absolute Gasteiger partial charge is 0.317 e. The van der Waals surface area contributed by atoms with Gasteiger partial charge in [-0.2, -0.15) is 0 Å². The van der Waals surface area contributed by atoms with E-state index in [1.807, 2.05) is 0 Å². The Kier molecular flexibility index (Phi) is 4.30. The molecule has 1 aliphatic heterocycles. The van der Waals surface area contributed by atoms with E-state index < -0.39 is 23.8 Å². The maximum Gasteiger partial charge on any atom is 0.258 e. The second kappa shape index (κ2) is 5.81. The van der Waals surface area contributed by atoms with Gasteiger partial charge in [0, 0.05) is 0 Å². The number of halogens is 2. The Hall–Kier alpha value is -1.59. The second-order valence-electron chi connectivity index (χ2n) is 4.37. The van der Waals surface area contributed by atoms with Crippen molar-refractivity contribution in [3.05, 3.63) is 33.8 Å². The number of amides is 3. The molecule has 1 heterocycles. The van der Waals surface area contributed by atoms with Crippen molar-refractivity contribution >= 4 is 40.9 Å². The zero-order valence-electron chi connectivity index (χ0n) is 10.7. The maximum absolute atomic E-state index is 12.5. The number of hydrogen-bond acceptors (Lipinski definition) is 3. The summed E-state index contributed by atoms with van der Waals surface area (Å²) in [7, 11) is 0. The lowest BCUT2D eigenvalue weighted by atomic mass is 10.1. The molecule has 1 fully saturated rings. The quantitative estimate of drug-likeness (QED) is 0.847. The van der Waals surface area contributed by atoms with E-state index in [-0.39, 0.29) is 22.2 Å². The first kappa shape index (κ1) is 14.8. The number of piperazine rings is 1. The Morgan fingerprint density at radius 2 is 1.95 bits per heavy atom. The van der Waals surface area contributed by atoms with Crippen LogP contribution < -0.4 is 5.32 Å². The van der Waals surface area contributed by atoms with Crippen molar-refractivity contribution < 1.29 is 14.4 Å². The van der Waals surface area contributed by atoms with Crippen molar-refractivity contribution in [1.82, 2.24) is 10.2 Å². The number of imide groups is 1. The van der Waals surface area contributed by atoms with E-state index in [4.69, 9.17) is 23.2 Å². The molecular weight excluding hydrogens is 303 g/mol. The normalized spacial score (nSPS) is 18.9. The summed E-state index contributed by atoms with van der Waals surface area (Å²) in [4.78, 5) is 36.9. The standard InChI is InChI=1S/C13H12Cl2N2O3/c1-2-9-12(19)16-10(18)6-17(9)13(20)11-7(14)4-3-5-8(11)15/h3-5,9H,2,6H2,1H3,(H,16,18,19). The van der Waals surface area contributed by atoms with Crippen LogP contribution in [0.5, 0.6) is 0 Å². The molecule has 1 unspecified atom stereocenters. The molecule has 0 aliphatic carbocycles. The van der Waals surface area contributed by atoms with Gasteiger partial charge in [0.05, 0.1) is 15.6 Å². The third-order valence-corrected chi connectivity index (χ3v) is 3.71. The lowest BCUT2D eigenvalue weighted by molar-refractivity contribution is -0.138. The van der Waals surface area contributed by atoms with Crippen LogP contribution >= 0.6 is 23.2 Å². The number of nitrogens with zero attached hydrogens (tertiary/aromatic N) is 1. The lowest BCUT2D eigenvalue weighted by Gasteiger charge is -2.33. The minimum atomic E-state index is -0.701. The highest BCUT2D eigenvalue weighted by atomic mass is 35.5. The van der Waals surface area contributed by atoms with E-state index in [1.54, 1.807) is 13.0 Å². The van der Waals surface area contributed by atoms with E-state index in [0.29, 0.717) is 6.42 Å². The molecule has 3 amide bonds. The minimum Gasteiger partial charge on any atom is -0.317 e. The van der Waals surface area contributed by atoms with Crippen LogP contribution in [0.3, 0.4) is 0 Å². The van der Waals surface area contributed by atoms with Crippen LogP contribution in [0.4, 0.5) is 0 Å². The molecule has 0 bridgehead atoms. The molecular formula is C13H12Cl2N2O3. The molecule has 1 aromatic rings. The zero-order chi connectivity index (χ0) is 14.9. The van der Waals surface area contributed by atoms with Gasteiger partial charge in [-0.1, -0.05) is 36.2 Å². The zero-order valence-corrected chi connectivity index (χ0v) is 12.2. The van der Waals surface area contributed by atoms with Gasteiger partial charge in [0.15, 0.2) is 0 Å². The Bertz CT molecular complexity index is 569. The van der Waals surface area contributed by atoms with Gasteiger partial charge in [-0.25, -0.2) is 0 Å². The molecule has 1 atom stereocenters. The van der Waals surface area contributed by atoms with Crippen LogP contribution in [0.2, 0.25) is 10.0 Å². The van der Waals surface area contributed by atoms with Gasteiger partial charge in [0.1, 0.15) is 12.6 Å². The van der Waals surface area contributed by atoms with E-state index in [0.717, 1.165) is 0 Å². The Balaban J connectivity index is 2.40. The molecule has 5 nitrogen and oxygen atoms in total. The summed E-state index contributed by atoms with van der Waals surface area (Å²) in [6.45, 7) is 1.57. The van der Waals surface area contributed by atoms with E-state index in [1.165, 1.54) is 17.0 Å². The fraction of sp³-hybridized carbons (Fsp3) is 0.308. The molecule has 0 spiro atoms. The second-order valence-corrected chi connectivity index (χ2v) is 5.18. The SMILES string of the molecule is CCC1C(=O)NC(=O)CN1C(=O)c1c(Cl)cccc1Cl. The van der Waals surface area contributed by atoms with Crippen molar-refractivity contribution in [3.8, 4) is 0 Å². The molecule has 0 aromatic heterocycles. The average molecular weight is 315 g/mol. The van der Waals surface area contributed by atoms with Crippen molar-refractivity contribution in [2.45, 2.75) is 19.4 Å². The van der Waals surface area contributed by atoms with Crippen LogP contribution in [-0.2, 0) is 9.59 Å². The van der Waals surface area contributed by atoms with Gasteiger partial charge in [0.25, 0.3) is 5.91 Å². The van der Waals surface area contributed by atoms with Crippen LogP contribution in [0.25, 0.3) is 0 Å². The number of nitrogens with one attached hydrogen (secondary N) is 1. The van der Waals surface area contributed by atoms with Gasteiger partial charge in [-0.05, 0) is 18.6 Å². The number of rotatable bonds is 2. The van der Waals surface area contributed by atoms with Crippen molar-refractivity contribution in [2.24, 2.45) is 0 Å². The van der Waals surface area contributed by atoms with Gasteiger partial charge in [-0.3, -0.25) is 19.7 Å². The van der Waals surface area contributed by atoms with Gasteiger partial charge >= 0.3 is 0 Å². The third kappa shape index (κ3) is 2.64. The van der Waals surface area contributed by atoms with E-state index in [2.05, 4.69) is 5.32 Å². The summed E-state index contributed by atoms with van der Waals surface area (Å²) in [5, 5.41) is 2.59. The molecule has 20 heavy (non-hydrogen) atoms. The summed E-state index contributed by atoms with van der Waals surface area (Å²) in [6, 6.07) is 3.99. The van der Waals surface area contributed by atoms with Crippen molar-refractivity contribution in [2.75, 3.05) is 6.54 Å². The van der Waals surface area contributed by atoms with Crippen LogP contribution in [0, 0.1) is 0 Å². The molecule has 106 valence electrons. The summed E-state index contributed by atoms with van der Waals surface area (Å²) in [5.41, 5.74) is 0.108. The van der Waals surface area contributed by atoms with Gasteiger partial charge < -0.3 is 4.90 Å². The summed E-state index contributed by atoms with van der Waals surface area (Å²) in [6.07, 6.45) is 0.396. The highest BCUT2D eigenvalue weighted by molar-refractivity contribution is 6.39. The van der Waals surface area contributed by atoms with Crippen molar-refractivity contribution in [3.63, 3.8) is 0 Å². The molecule has 1 saturated heterocycles. The van der Waals surface area contributed by atoms with E-state index in [9.17, 15) is 14.4 Å². The predicted molar refractivity (Wildman–Crippen MR) is 74.7 cm³/mol. The summed E-state index contributed by atoms with van der Waals surface area (Å²) in [5.74, 6) is -1.52. The molecule has 0 radical (unpaired) electrons. The van der Waals surface area contributed by atoms with Gasteiger partial charge in [0.2, 0.25) is 11.8 Å². The first-order valence-corrected chi connectivity index (χ1v) is 6.80. The smallest absolute Gasteiger partial charge is 0.258 e. The topological polar surface area (TPSA) is 66.5 Å². The average Bonchev–Trinajstić information content (AvgIpc) is 2.37. The van der Waals surface area contributed by atoms with Crippen LogP contribution in [-0.4, -0.2) is 35.2 Å². The first-order valence-electron chi connectivity index (χ1n) is 6.04. The Morgan fingerprint density at radius 3 is 2.50 bits per heavy atom. The molecule has 0 saturated carbocycles. The molecule has 2 rings (SSSR count). The summed E-state index contributed by atoms with van der Waals surface area (Å²) < 4.78 is 0. The van der Waals surface area contributed by atoms with Gasteiger partial charge in [-0.15, -0.1) is 0 Å². The highest BCUT2D eigenvalue weighted by Gasteiger charge is 2.37. The monoisotopic (exact) mass is 314 g/mol. The molecule has 1 aromatic carbocycles. The maximum atomic E-state index is 12.5. The lowest BCUT2D eigenvalue weighted by Crippen LogP contribution is -2.59. The van der Waals surface area contributed by atoms with Crippen molar-refractivity contribution in [1.29, 1.82) is 0 Å². The Morgan fingerprint density at radius 1 is 1.35 bits per heavy atom. The fourth-order valence-corrected chi connectivity index (χ4v) is 2.69. The molecule has 1 N–H and O–H groups in total. The Labute approximate surface area is 125 Å². The number of carbonyl (C=O) groups is 3. The first-order chi connectivity index (χ1) is 9.45. The number of hydrogen-bond donors (Lipinski definition) is 1. The fourth-order valence-electron chi connectivity index (χ4n) is 2.13. The number of benzene rings is 1.